The molecule has 3 rings (SSSR count). The van der Waals surface area contributed by atoms with Gasteiger partial charge in [-0.2, -0.15) is 10.2 Å². The molecule has 1 atom stereocenters. The number of carbonyl (C=O) groups is 3. The van der Waals surface area contributed by atoms with Crippen LogP contribution in [0, 0.1) is 0 Å². The topological polar surface area (TPSA) is 162 Å². The van der Waals surface area contributed by atoms with E-state index in [2.05, 4.69) is 41.8 Å². The fraction of sp³-hybridized carbons (Fsp3) is 0.481. The number of aliphatic imine (C=N–C) groups is 1. The minimum absolute atomic E-state index is 0.120. The third-order valence-corrected chi connectivity index (χ3v) is 5.58. The first kappa shape index (κ1) is 30.1. The zero-order valence-electron chi connectivity index (χ0n) is 23.7. The minimum Gasteiger partial charge on any atom is -0.444 e. The number of benzene rings is 1. The number of aromatic nitrogens is 2. The van der Waals surface area contributed by atoms with Crippen molar-refractivity contribution in [2.24, 2.45) is 4.99 Å². The van der Waals surface area contributed by atoms with Crippen LogP contribution in [0.25, 0.3) is 10.8 Å². The Morgan fingerprint density at radius 2 is 1.77 bits per heavy atom. The van der Waals surface area contributed by atoms with Gasteiger partial charge in [-0.05, 0) is 45.7 Å². The van der Waals surface area contributed by atoms with Crippen molar-refractivity contribution >= 4 is 40.2 Å². The molecule has 1 aromatic heterocycles. The number of fused-ring (bicyclic) bond motifs is 1. The Balaban J connectivity index is 1.46. The van der Waals surface area contributed by atoms with E-state index in [0.29, 0.717) is 37.5 Å². The lowest BCUT2D eigenvalue weighted by Crippen LogP contribution is -2.44. The summed E-state index contributed by atoms with van der Waals surface area (Å²) >= 11 is 0. The number of hydrogen-bond donors (Lipinski definition) is 5. The average molecular weight is 554 g/mol. The Bertz CT molecular complexity index is 1260. The minimum atomic E-state index is -0.634. The molecule has 40 heavy (non-hydrogen) atoms. The zero-order chi connectivity index (χ0) is 29.1. The molecule has 3 amide bonds. The molecule has 0 saturated heterocycles. The van der Waals surface area contributed by atoms with Crippen molar-refractivity contribution in [2.75, 3.05) is 38.5 Å². The lowest BCUT2D eigenvalue weighted by molar-refractivity contribution is -0.122. The van der Waals surface area contributed by atoms with Gasteiger partial charge in [0.1, 0.15) is 18.0 Å². The van der Waals surface area contributed by atoms with Crippen LogP contribution < -0.4 is 26.6 Å². The normalized spacial score (nSPS) is 14.8. The van der Waals surface area contributed by atoms with E-state index in [1.807, 2.05) is 25.1 Å². The summed E-state index contributed by atoms with van der Waals surface area (Å²) in [4.78, 5) is 42.9. The quantitative estimate of drug-likeness (QED) is 0.261. The van der Waals surface area contributed by atoms with Gasteiger partial charge in [-0.1, -0.05) is 13.0 Å². The molecule has 1 aliphatic rings. The highest BCUT2D eigenvalue weighted by molar-refractivity contribution is 6.21. The molecule has 0 saturated carbocycles. The summed E-state index contributed by atoms with van der Waals surface area (Å²) in [6.07, 6.45) is 5.38. The molecule has 216 valence electrons. The molecule has 13 nitrogen and oxygen atoms in total. The lowest BCUT2D eigenvalue weighted by Gasteiger charge is -2.24. The van der Waals surface area contributed by atoms with Gasteiger partial charge in [0.2, 0.25) is 5.91 Å². The van der Waals surface area contributed by atoms with E-state index in [-0.39, 0.29) is 18.4 Å². The Morgan fingerprint density at radius 3 is 2.50 bits per heavy atom. The smallest absolute Gasteiger partial charge is 0.410 e. The number of anilines is 1. The van der Waals surface area contributed by atoms with Gasteiger partial charge in [0.05, 0.1) is 18.0 Å². The molecular weight excluding hydrogens is 514 g/mol. The molecule has 0 spiro atoms. The molecule has 0 radical (unpaired) electrons. The number of carbonyl (C=O) groups excluding carboxylic acids is 3. The fourth-order valence-corrected chi connectivity index (χ4v) is 3.63. The van der Waals surface area contributed by atoms with Gasteiger partial charge in [-0.3, -0.25) is 9.59 Å². The zero-order valence-corrected chi connectivity index (χ0v) is 23.7. The first-order chi connectivity index (χ1) is 19.1. The van der Waals surface area contributed by atoms with Crippen molar-refractivity contribution in [1.29, 1.82) is 0 Å². The van der Waals surface area contributed by atoms with Crippen LogP contribution >= 0.6 is 0 Å². The van der Waals surface area contributed by atoms with Crippen LogP contribution in [0.4, 0.5) is 10.5 Å². The van der Waals surface area contributed by atoms with Crippen LogP contribution in [0.2, 0.25) is 0 Å². The Labute approximate surface area is 234 Å². The lowest BCUT2D eigenvalue weighted by atomic mass is 10.2. The Morgan fingerprint density at radius 1 is 1.05 bits per heavy atom. The largest absolute Gasteiger partial charge is 0.444 e. The van der Waals surface area contributed by atoms with Crippen molar-refractivity contribution in [2.45, 2.75) is 52.4 Å². The van der Waals surface area contributed by atoms with E-state index < -0.39 is 18.0 Å². The first-order valence-corrected chi connectivity index (χ1v) is 13.3. The molecule has 2 heterocycles. The maximum atomic E-state index is 12.9. The Hall–Kier alpha value is -4.42. The number of likely N-dealkylation sites (N-methyl/N-ethyl adjacent to an activating group) is 1. The van der Waals surface area contributed by atoms with E-state index in [4.69, 9.17) is 4.74 Å². The van der Waals surface area contributed by atoms with Crippen LogP contribution in [0.5, 0.6) is 0 Å². The molecule has 1 aromatic carbocycles. The molecule has 0 fully saturated rings. The van der Waals surface area contributed by atoms with Crippen LogP contribution in [0.3, 0.4) is 0 Å². The van der Waals surface area contributed by atoms with Crippen molar-refractivity contribution < 1.29 is 19.1 Å². The number of nitrogens with one attached hydrogen (secondary N) is 5. The second-order valence-electron chi connectivity index (χ2n) is 10.3. The summed E-state index contributed by atoms with van der Waals surface area (Å²) in [6, 6.07) is 5.84. The van der Waals surface area contributed by atoms with Crippen LogP contribution in [0.15, 0.2) is 47.4 Å². The highest BCUT2D eigenvalue weighted by atomic mass is 16.6. The number of hydrogen-bond acceptors (Lipinski definition) is 10. The average Bonchev–Trinajstić information content (AvgIpc) is 2.90. The fourth-order valence-electron chi connectivity index (χ4n) is 3.63. The van der Waals surface area contributed by atoms with Gasteiger partial charge in [-0.25, -0.2) is 9.79 Å². The maximum absolute atomic E-state index is 12.9. The molecule has 0 bridgehead atoms. The van der Waals surface area contributed by atoms with Gasteiger partial charge >= 0.3 is 6.09 Å². The summed E-state index contributed by atoms with van der Waals surface area (Å²) in [5, 5.41) is 25.0. The number of amidine groups is 1. The molecular formula is C27H39N9O4. The van der Waals surface area contributed by atoms with E-state index in [9.17, 15) is 14.4 Å². The molecule has 13 heteroatoms. The molecule has 1 aliphatic heterocycles. The van der Waals surface area contributed by atoms with Gasteiger partial charge < -0.3 is 36.2 Å². The number of amides is 3. The second kappa shape index (κ2) is 14.1. The molecule has 5 N–H and O–H groups in total. The van der Waals surface area contributed by atoms with Crippen molar-refractivity contribution in [3.8, 4) is 0 Å². The van der Waals surface area contributed by atoms with Crippen molar-refractivity contribution in [1.82, 2.24) is 36.4 Å². The summed E-state index contributed by atoms with van der Waals surface area (Å²) in [5.41, 5.74) is 0.602. The van der Waals surface area contributed by atoms with E-state index in [0.717, 1.165) is 22.9 Å². The van der Waals surface area contributed by atoms with E-state index in [1.54, 1.807) is 39.4 Å². The summed E-state index contributed by atoms with van der Waals surface area (Å²) in [7, 11) is 1.50. The summed E-state index contributed by atoms with van der Waals surface area (Å²) in [5.74, 6) is -0.107. The highest BCUT2D eigenvalue weighted by Crippen LogP contribution is 2.18. The third kappa shape index (κ3) is 9.40. The second-order valence-corrected chi connectivity index (χ2v) is 10.3. The number of rotatable bonds is 11. The van der Waals surface area contributed by atoms with Crippen LogP contribution in [0.1, 0.15) is 40.5 Å². The van der Waals surface area contributed by atoms with Gasteiger partial charge in [-0.15, -0.1) is 0 Å². The van der Waals surface area contributed by atoms with Crippen molar-refractivity contribution in [3.63, 3.8) is 0 Å². The van der Waals surface area contributed by atoms with Crippen molar-refractivity contribution in [3.05, 3.63) is 42.4 Å². The molecule has 1 unspecified atom stereocenters. The third-order valence-electron chi connectivity index (χ3n) is 5.58. The van der Waals surface area contributed by atoms with Crippen LogP contribution in [-0.2, 0) is 14.3 Å². The van der Waals surface area contributed by atoms with E-state index >= 15 is 0 Å². The van der Waals surface area contributed by atoms with Crippen LogP contribution in [-0.4, -0.2) is 84.0 Å². The first-order valence-electron chi connectivity index (χ1n) is 13.3. The monoisotopic (exact) mass is 553 g/mol. The maximum Gasteiger partial charge on any atom is 0.410 e. The number of ether oxygens (including phenoxy) is 1. The highest BCUT2D eigenvalue weighted by Gasteiger charge is 2.23. The van der Waals surface area contributed by atoms with Gasteiger partial charge in [0, 0.05) is 49.3 Å². The standard InChI is InChI=1S/C27H39N9O4/c1-6-10-29-23-21(16-31-25(35-23)34-20-9-8-18-14-32-33-15-19(18)13-20)24(38)30-12-7-11-28-22(37)17-36(5)26(39)40-27(2,3)4/h8-9,13-16,25,31,34H,6-7,10-12,17H2,1-5H3,(H,28,37)(H,29,35)(H,30,38). The SMILES string of the molecule is CCCNC1=NC(Nc2ccc3cnncc3c2)NC=C1C(=O)NCCCNC(=O)CN(C)C(=O)OC(C)(C)C. The van der Waals surface area contributed by atoms with Gasteiger partial charge in [0.15, 0.2) is 6.29 Å². The predicted octanol–water partition coefficient (Wildman–Crippen LogP) is 1.70. The van der Waals surface area contributed by atoms with Gasteiger partial charge in [0.25, 0.3) is 5.91 Å². The molecule has 0 aliphatic carbocycles. The summed E-state index contributed by atoms with van der Waals surface area (Å²) < 4.78 is 5.24. The predicted molar refractivity (Wildman–Crippen MR) is 153 cm³/mol. The summed E-state index contributed by atoms with van der Waals surface area (Å²) in [6.45, 7) is 8.56. The van der Waals surface area contributed by atoms with E-state index in [1.165, 1.54) is 11.9 Å². The Kier molecular flexibility index (Phi) is 10.6. The number of nitrogens with zero attached hydrogens (tertiary/aromatic N) is 4. The molecule has 2 aromatic rings.